The Morgan fingerprint density at radius 3 is 2.64 bits per heavy atom. The number of rotatable bonds is 2. The van der Waals surface area contributed by atoms with E-state index >= 15 is 0 Å². The van der Waals surface area contributed by atoms with Crippen molar-refractivity contribution in [1.29, 1.82) is 0 Å². The fourth-order valence-corrected chi connectivity index (χ4v) is 2.03. The predicted molar refractivity (Wildman–Crippen MR) is 40.3 cm³/mol. The molecule has 2 heterocycles. The van der Waals surface area contributed by atoms with Gasteiger partial charge in [0.05, 0.1) is 0 Å². The number of H-pyrrole nitrogens is 1. The van der Waals surface area contributed by atoms with Crippen LogP contribution in [0.25, 0.3) is 0 Å². The van der Waals surface area contributed by atoms with Gasteiger partial charge in [0.25, 0.3) is 0 Å². The zero-order valence-corrected chi connectivity index (χ0v) is 7.17. The molecule has 2 aromatic rings. The van der Waals surface area contributed by atoms with E-state index in [4.69, 9.17) is 0 Å². The number of aromatic nitrogens is 2. The maximum absolute atomic E-state index is 3.18. The predicted octanol–water partition coefficient (Wildman–Crippen LogP) is 0.987. The van der Waals surface area contributed by atoms with E-state index in [1.54, 1.807) is 0 Å². The van der Waals surface area contributed by atoms with E-state index in [9.17, 15) is 0 Å². The third-order valence-electron chi connectivity index (χ3n) is 1.35. The van der Waals surface area contributed by atoms with Gasteiger partial charge in [-0.25, -0.2) is 0 Å². The van der Waals surface area contributed by atoms with Gasteiger partial charge in [0.15, 0.2) is 0 Å². The zero-order valence-electron chi connectivity index (χ0n) is 5.90. The molecule has 11 heavy (non-hydrogen) atoms. The van der Waals surface area contributed by atoms with E-state index in [1.807, 2.05) is 24.4 Å². The van der Waals surface area contributed by atoms with E-state index in [2.05, 4.69) is 27.0 Å². The molecule has 0 radical (unpaired) electrons. The van der Waals surface area contributed by atoms with Crippen LogP contribution in [0.2, 0.25) is 0 Å². The summed E-state index contributed by atoms with van der Waals surface area (Å²) in [5, 5.41) is 0. The second-order valence-electron chi connectivity index (χ2n) is 2.17. The van der Waals surface area contributed by atoms with Crippen LogP contribution in [0.1, 0.15) is 0 Å². The quantitative estimate of drug-likeness (QED) is 0.718. The van der Waals surface area contributed by atoms with E-state index in [0.717, 1.165) is 0 Å². The first kappa shape index (κ1) is 6.78. The van der Waals surface area contributed by atoms with Crippen molar-refractivity contribution in [2.24, 2.45) is 0 Å². The van der Waals surface area contributed by atoms with Crippen LogP contribution in [-0.4, -0.2) is 8.53 Å². The van der Waals surface area contributed by atoms with Crippen molar-refractivity contribution in [2.75, 3.05) is 0 Å². The van der Waals surface area contributed by atoms with Gasteiger partial charge in [-0.2, -0.15) is 0 Å². The summed E-state index contributed by atoms with van der Waals surface area (Å²) in [6.45, 7) is 0. The average Bonchev–Trinajstić information content (AvgIpc) is 2.60. The Labute approximate surface area is 71.8 Å². The molecule has 56 valence electrons. The van der Waals surface area contributed by atoms with Crippen molar-refractivity contribution in [3.8, 4) is 0 Å². The van der Waals surface area contributed by atoms with Gasteiger partial charge in [-0.1, -0.05) is 0 Å². The SMILES string of the molecule is c1c[nH][c]([Cr][n]2cccc2)c1. The summed E-state index contributed by atoms with van der Waals surface area (Å²) in [5.41, 5.74) is 0. The summed E-state index contributed by atoms with van der Waals surface area (Å²) >= 11 is 0.382. The minimum absolute atomic E-state index is 0.382. The first-order valence-corrected chi connectivity index (χ1v) is 4.60. The molecule has 0 aliphatic rings. The third-order valence-corrected chi connectivity index (χ3v) is 2.76. The molecule has 0 saturated carbocycles. The molecule has 0 spiro atoms. The molecule has 2 aromatic heterocycles. The van der Waals surface area contributed by atoms with Crippen LogP contribution in [0.3, 0.4) is 0 Å². The molecule has 2 rings (SSSR count). The Bertz CT molecular complexity index is 264. The molecule has 0 atom stereocenters. The summed E-state index contributed by atoms with van der Waals surface area (Å²) in [7, 11) is 0. The molecule has 1 N–H and O–H groups in total. The standard InChI is InChI=1S/2C4H4N.Cr/c2*1-2-4-5-3-1;/h1-3,5H;1-4H;/q;-1;+1. The molecule has 0 fully saturated rings. The van der Waals surface area contributed by atoms with Gasteiger partial charge in [0.1, 0.15) is 0 Å². The summed E-state index contributed by atoms with van der Waals surface area (Å²) in [6, 6.07) is 8.23. The van der Waals surface area contributed by atoms with Crippen LogP contribution in [0, 0.1) is 0 Å². The van der Waals surface area contributed by atoms with Gasteiger partial charge in [-0.15, -0.1) is 0 Å². The third kappa shape index (κ3) is 1.57. The first-order valence-electron chi connectivity index (χ1n) is 3.40. The van der Waals surface area contributed by atoms with Crippen molar-refractivity contribution >= 4 is 4.56 Å². The molecule has 0 aliphatic heterocycles. The normalized spacial score (nSPS) is 10.2. The van der Waals surface area contributed by atoms with Gasteiger partial charge in [0, 0.05) is 0 Å². The molecule has 0 aromatic carbocycles. The molecule has 0 saturated heterocycles. The second kappa shape index (κ2) is 3.00. The first-order chi connectivity index (χ1) is 5.45. The topological polar surface area (TPSA) is 20.7 Å². The Hall–Kier alpha value is -0.908. The zero-order chi connectivity index (χ0) is 7.52. The van der Waals surface area contributed by atoms with Gasteiger partial charge in [-0.3, -0.25) is 0 Å². The second-order valence-corrected chi connectivity index (χ2v) is 3.80. The Morgan fingerprint density at radius 1 is 1.18 bits per heavy atom. The van der Waals surface area contributed by atoms with Gasteiger partial charge >= 0.3 is 71.4 Å². The molecule has 0 unspecified atom stereocenters. The molecule has 2 nitrogen and oxygen atoms in total. The molecule has 0 bridgehead atoms. The van der Waals surface area contributed by atoms with E-state index in [-0.39, 0.29) is 0 Å². The molecular weight excluding hydrogens is 176 g/mol. The molecule has 0 amide bonds. The van der Waals surface area contributed by atoms with Crippen LogP contribution in [-0.2, 0) is 15.4 Å². The van der Waals surface area contributed by atoms with Gasteiger partial charge in [-0.05, 0) is 0 Å². The van der Waals surface area contributed by atoms with Crippen LogP contribution in [0.4, 0.5) is 0 Å². The Morgan fingerprint density at radius 2 is 2.00 bits per heavy atom. The van der Waals surface area contributed by atoms with Crippen molar-refractivity contribution in [1.82, 2.24) is 8.53 Å². The Balaban J connectivity index is 2.14. The molecule has 3 heteroatoms. The van der Waals surface area contributed by atoms with Crippen LogP contribution in [0.5, 0.6) is 0 Å². The monoisotopic (exact) mass is 184 g/mol. The average molecular weight is 184 g/mol. The number of nitrogens with one attached hydrogen (secondary N) is 1. The van der Waals surface area contributed by atoms with E-state index in [0.29, 0.717) is 15.4 Å². The number of aromatic amines is 1. The summed E-state index contributed by atoms with van der Waals surface area (Å²) in [5.74, 6) is 0. The van der Waals surface area contributed by atoms with Gasteiger partial charge in [0.2, 0.25) is 0 Å². The van der Waals surface area contributed by atoms with Crippen molar-refractivity contribution in [3.05, 3.63) is 42.9 Å². The van der Waals surface area contributed by atoms with Crippen LogP contribution >= 0.6 is 0 Å². The summed E-state index contributed by atoms with van der Waals surface area (Å²) in [4.78, 5) is 3.18. The fourth-order valence-electron chi connectivity index (χ4n) is 0.864. The van der Waals surface area contributed by atoms with E-state index < -0.39 is 0 Å². The van der Waals surface area contributed by atoms with Gasteiger partial charge < -0.3 is 0 Å². The summed E-state index contributed by atoms with van der Waals surface area (Å²) in [6.07, 6.45) is 6.13. The number of hydrogen-bond donors (Lipinski definition) is 1. The molecule has 0 aliphatic carbocycles. The Kier molecular flexibility index (Phi) is 1.85. The summed E-state index contributed by atoms with van der Waals surface area (Å²) < 4.78 is 3.49. The van der Waals surface area contributed by atoms with Crippen molar-refractivity contribution in [2.45, 2.75) is 0 Å². The number of nitrogens with zero attached hydrogens (tertiary/aromatic N) is 1. The van der Waals surface area contributed by atoms with Crippen molar-refractivity contribution in [3.63, 3.8) is 0 Å². The van der Waals surface area contributed by atoms with Crippen LogP contribution < -0.4 is 4.56 Å². The van der Waals surface area contributed by atoms with E-state index in [1.165, 1.54) is 4.56 Å². The minimum atomic E-state index is 0.382. The molecular formula is C8H8CrN2. The van der Waals surface area contributed by atoms with Crippen molar-refractivity contribution < 1.29 is 15.4 Å². The maximum atomic E-state index is 3.18. The number of hydrogen-bond acceptors (Lipinski definition) is 0. The fraction of sp³-hybridized carbons (Fsp3) is 0. The van der Waals surface area contributed by atoms with Crippen LogP contribution in [0.15, 0.2) is 42.9 Å².